The van der Waals surface area contributed by atoms with E-state index in [0.29, 0.717) is 42.5 Å². The summed E-state index contributed by atoms with van der Waals surface area (Å²) in [7, 11) is 1.73. The summed E-state index contributed by atoms with van der Waals surface area (Å²) >= 11 is 6.24. The van der Waals surface area contributed by atoms with Crippen LogP contribution in [-0.4, -0.2) is 56.6 Å². The molecule has 0 unspecified atom stereocenters. The number of esters is 1. The number of piperazine rings is 1. The Morgan fingerprint density at radius 2 is 1.70 bits per heavy atom. The molecule has 0 bridgehead atoms. The van der Waals surface area contributed by atoms with E-state index in [1.165, 1.54) is 0 Å². The third-order valence-corrected chi connectivity index (χ3v) is 4.89. The molecule has 3 rings (SSSR count). The molecule has 1 aliphatic heterocycles. The van der Waals surface area contributed by atoms with Crippen molar-refractivity contribution in [3.63, 3.8) is 0 Å². The second-order valence-electron chi connectivity index (χ2n) is 6.19. The molecule has 0 aromatic heterocycles. The molecule has 1 fully saturated rings. The van der Waals surface area contributed by atoms with E-state index in [4.69, 9.17) is 16.3 Å². The van der Waals surface area contributed by atoms with Gasteiger partial charge in [0.1, 0.15) is 0 Å². The minimum atomic E-state index is -0.511. The normalized spacial score (nSPS) is 14.0. The fourth-order valence-electron chi connectivity index (χ4n) is 3.08. The molecule has 142 valence electrons. The van der Waals surface area contributed by atoms with Gasteiger partial charge < -0.3 is 19.9 Å². The Morgan fingerprint density at radius 3 is 2.41 bits per heavy atom. The molecule has 2 aromatic carbocycles. The first-order valence-corrected chi connectivity index (χ1v) is 9.19. The van der Waals surface area contributed by atoms with Crippen molar-refractivity contribution in [2.45, 2.75) is 0 Å². The van der Waals surface area contributed by atoms with Crippen LogP contribution in [0.3, 0.4) is 0 Å². The topological polar surface area (TPSA) is 61.9 Å². The van der Waals surface area contributed by atoms with Gasteiger partial charge in [0.05, 0.1) is 16.3 Å². The predicted molar refractivity (Wildman–Crippen MR) is 107 cm³/mol. The number of hydrogen-bond acceptors (Lipinski definition) is 5. The lowest BCUT2D eigenvalue weighted by atomic mass is 10.2. The lowest BCUT2D eigenvalue weighted by molar-refractivity contribution is -0.134. The number of carbonyl (C=O) groups is 2. The Bertz CT molecular complexity index is 820. The number of nitrogens with one attached hydrogen (secondary N) is 1. The molecule has 0 radical (unpaired) electrons. The van der Waals surface area contributed by atoms with E-state index in [2.05, 4.69) is 10.2 Å². The van der Waals surface area contributed by atoms with E-state index in [1.54, 1.807) is 30.1 Å². The molecule has 2 aromatic rings. The van der Waals surface area contributed by atoms with Gasteiger partial charge in [-0.15, -0.1) is 0 Å². The van der Waals surface area contributed by atoms with Crippen LogP contribution in [-0.2, 0) is 9.53 Å². The zero-order chi connectivity index (χ0) is 19.2. The molecular weight excluding hydrogens is 366 g/mol. The van der Waals surface area contributed by atoms with E-state index in [9.17, 15) is 9.59 Å². The summed E-state index contributed by atoms with van der Waals surface area (Å²) in [4.78, 5) is 28.5. The van der Waals surface area contributed by atoms with Crippen molar-refractivity contribution in [1.29, 1.82) is 0 Å². The second kappa shape index (κ2) is 8.77. The van der Waals surface area contributed by atoms with E-state index in [-0.39, 0.29) is 12.5 Å². The first-order valence-electron chi connectivity index (χ1n) is 8.81. The Morgan fingerprint density at radius 1 is 1.04 bits per heavy atom. The van der Waals surface area contributed by atoms with Gasteiger partial charge in [-0.05, 0) is 24.3 Å². The highest BCUT2D eigenvalue weighted by atomic mass is 35.5. The van der Waals surface area contributed by atoms with Crippen LogP contribution >= 0.6 is 11.6 Å². The number of ether oxygens (including phenoxy) is 1. The second-order valence-corrected chi connectivity index (χ2v) is 6.60. The van der Waals surface area contributed by atoms with Crippen LogP contribution < -0.4 is 10.2 Å². The molecule has 27 heavy (non-hydrogen) atoms. The Balaban J connectivity index is 1.51. The SMILES string of the molecule is CNc1ccccc1C(=O)OCC(=O)N1CCN(c2ccccc2Cl)CC1. The van der Waals surface area contributed by atoms with Gasteiger partial charge in [0.25, 0.3) is 5.91 Å². The number of halogens is 1. The monoisotopic (exact) mass is 387 g/mol. The molecule has 0 spiro atoms. The Kier molecular flexibility index (Phi) is 6.19. The molecule has 1 aliphatic rings. The van der Waals surface area contributed by atoms with Crippen molar-refractivity contribution in [2.75, 3.05) is 50.1 Å². The zero-order valence-electron chi connectivity index (χ0n) is 15.2. The van der Waals surface area contributed by atoms with Crippen molar-refractivity contribution in [3.8, 4) is 0 Å². The maximum absolute atomic E-state index is 12.4. The first-order chi connectivity index (χ1) is 13.1. The van der Waals surface area contributed by atoms with Gasteiger partial charge in [-0.2, -0.15) is 0 Å². The summed E-state index contributed by atoms with van der Waals surface area (Å²) in [6.45, 7) is 2.24. The number of anilines is 2. The molecule has 0 aliphatic carbocycles. The smallest absolute Gasteiger partial charge is 0.340 e. The Labute approximate surface area is 163 Å². The molecular formula is C20H22ClN3O3. The van der Waals surface area contributed by atoms with Gasteiger partial charge in [0.15, 0.2) is 6.61 Å². The van der Waals surface area contributed by atoms with Gasteiger partial charge in [0.2, 0.25) is 0 Å². The van der Waals surface area contributed by atoms with Gasteiger partial charge in [-0.25, -0.2) is 4.79 Å². The van der Waals surface area contributed by atoms with Gasteiger partial charge in [-0.1, -0.05) is 35.9 Å². The summed E-state index contributed by atoms with van der Waals surface area (Å²) in [5.74, 6) is -0.702. The number of carbonyl (C=O) groups excluding carboxylic acids is 2. The van der Waals surface area contributed by atoms with Crippen molar-refractivity contribution in [2.24, 2.45) is 0 Å². The van der Waals surface area contributed by atoms with Gasteiger partial charge >= 0.3 is 5.97 Å². The van der Waals surface area contributed by atoms with E-state index < -0.39 is 5.97 Å². The Hall–Kier alpha value is -2.73. The fraction of sp³-hybridized carbons (Fsp3) is 0.300. The van der Waals surface area contributed by atoms with Crippen molar-refractivity contribution in [1.82, 2.24) is 4.90 Å². The number of para-hydroxylation sites is 2. The number of hydrogen-bond donors (Lipinski definition) is 1. The van der Waals surface area contributed by atoms with Crippen molar-refractivity contribution in [3.05, 3.63) is 59.1 Å². The van der Waals surface area contributed by atoms with E-state index in [1.807, 2.05) is 30.3 Å². The summed E-state index contributed by atoms with van der Waals surface area (Å²) in [5.41, 5.74) is 2.06. The standard InChI is InChI=1S/C20H22ClN3O3/c1-22-17-8-4-2-6-15(17)20(26)27-14-19(25)24-12-10-23(11-13-24)18-9-5-3-7-16(18)21/h2-9,22H,10-14H2,1H3. The average Bonchev–Trinajstić information content (AvgIpc) is 2.72. The number of nitrogens with zero attached hydrogens (tertiary/aromatic N) is 2. The van der Waals surface area contributed by atoms with Crippen LogP contribution in [0.4, 0.5) is 11.4 Å². The molecule has 1 N–H and O–H groups in total. The van der Waals surface area contributed by atoms with Crippen LogP contribution in [0.2, 0.25) is 5.02 Å². The molecule has 0 atom stereocenters. The van der Waals surface area contributed by atoms with E-state index >= 15 is 0 Å². The summed E-state index contributed by atoms with van der Waals surface area (Å²) in [5, 5.41) is 3.64. The van der Waals surface area contributed by atoms with Crippen LogP contribution in [0.5, 0.6) is 0 Å². The maximum atomic E-state index is 12.4. The first kappa shape index (κ1) is 19.0. The third-order valence-electron chi connectivity index (χ3n) is 4.57. The highest BCUT2D eigenvalue weighted by Crippen LogP contribution is 2.26. The minimum absolute atomic E-state index is 0.191. The van der Waals surface area contributed by atoms with Crippen molar-refractivity contribution < 1.29 is 14.3 Å². The molecule has 0 saturated carbocycles. The van der Waals surface area contributed by atoms with E-state index in [0.717, 1.165) is 5.69 Å². The van der Waals surface area contributed by atoms with Gasteiger partial charge in [0, 0.05) is 38.9 Å². The third kappa shape index (κ3) is 4.52. The molecule has 1 heterocycles. The lowest BCUT2D eigenvalue weighted by Crippen LogP contribution is -2.50. The molecule has 6 nitrogen and oxygen atoms in total. The number of amides is 1. The predicted octanol–water partition coefficient (Wildman–Crippen LogP) is 2.89. The largest absolute Gasteiger partial charge is 0.452 e. The maximum Gasteiger partial charge on any atom is 0.340 e. The van der Waals surface area contributed by atoms with Crippen LogP contribution in [0, 0.1) is 0 Å². The number of rotatable bonds is 5. The fourth-order valence-corrected chi connectivity index (χ4v) is 3.34. The minimum Gasteiger partial charge on any atom is -0.452 e. The highest BCUT2D eigenvalue weighted by molar-refractivity contribution is 6.33. The summed E-state index contributed by atoms with van der Waals surface area (Å²) in [6, 6.07) is 14.7. The van der Waals surface area contributed by atoms with Crippen LogP contribution in [0.1, 0.15) is 10.4 Å². The quantitative estimate of drug-likeness (QED) is 0.799. The summed E-state index contributed by atoms with van der Waals surface area (Å²) in [6.07, 6.45) is 0. The molecule has 1 amide bonds. The number of benzene rings is 2. The average molecular weight is 388 g/mol. The zero-order valence-corrected chi connectivity index (χ0v) is 15.9. The molecule has 7 heteroatoms. The van der Waals surface area contributed by atoms with Crippen LogP contribution in [0.15, 0.2) is 48.5 Å². The molecule has 1 saturated heterocycles. The van der Waals surface area contributed by atoms with Crippen LogP contribution in [0.25, 0.3) is 0 Å². The van der Waals surface area contributed by atoms with Gasteiger partial charge in [-0.3, -0.25) is 4.79 Å². The lowest BCUT2D eigenvalue weighted by Gasteiger charge is -2.36. The highest BCUT2D eigenvalue weighted by Gasteiger charge is 2.23. The van der Waals surface area contributed by atoms with Crippen molar-refractivity contribution >= 4 is 34.9 Å². The summed E-state index contributed by atoms with van der Waals surface area (Å²) < 4.78 is 5.21.